The molecule has 0 aliphatic heterocycles. The average Bonchev–Trinajstić information content (AvgIpc) is 2.34. The van der Waals surface area contributed by atoms with Crippen LogP contribution in [-0.2, 0) is 0 Å². The summed E-state index contributed by atoms with van der Waals surface area (Å²) in [6.45, 7) is 3.33. The third kappa shape index (κ3) is 4.66. The number of anilines is 1. The molecule has 2 aromatic carbocycles. The lowest BCUT2D eigenvalue weighted by Crippen LogP contribution is -2.11. The first-order valence-corrected chi connectivity index (χ1v) is 6.78. The third-order valence-corrected chi connectivity index (χ3v) is 2.99. The molecule has 0 spiro atoms. The first-order chi connectivity index (χ1) is 9.13. The van der Waals surface area contributed by atoms with Gasteiger partial charge in [-0.05, 0) is 42.8 Å². The molecule has 1 N–H and O–H groups in total. The van der Waals surface area contributed by atoms with Crippen LogP contribution in [0.3, 0.4) is 0 Å². The van der Waals surface area contributed by atoms with Gasteiger partial charge in [0.05, 0.1) is 0 Å². The molecule has 0 amide bonds. The maximum absolute atomic E-state index is 5.90. The topological polar surface area (TPSA) is 21.3 Å². The van der Waals surface area contributed by atoms with Crippen LogP contribution < -0.4 is 10.1 Å². The quantitative estimate of drug-likeness (QED) is 0.801. The Kier molecular flexibility index (Phi) is 4.94. The van der Waals surface area contributed by atoms with E-state index in [0.717, 1.165) is 5.69 Å². The average molecular weight is 296 g/mol. The van der Waals surface area contributed by atoms with Gasteiger partial charge in [0.25, 0.3) is 0 Å². The van der Waals surface area contributed by atoms with Crippen LogP contribution in [0.1, 0.15) is 5.56 Å². The number of rotatable bonds is 5. The Bertz CT molecular complexity index is 537. The number of halogens is 2. The Balaban J connectivity index is 1.80. The zero-order valence-corrected chi connectivity index (χ0v) is 12.1. The van der Waals surface area contributed by atoms with Gasteiger partial charge in [-0.1, -0.05) is 35.3 Å². The summed E-state index contributed by atoms with van der Waals surface area (Å²) in [6, 6.07) is 13.4. The maximum atomic E-state index is 5.90. The van der Waals surface area contributed by atoms with E-state index in [0.29, 0.717) is 28.9 Å². The van der Waals surface area contributed by atoms with Crippen LogP contribution in [0.25, 0.3) is 0 Å². The molecule has 100 valence electrons. The minimum absolute atomic E-state index is 0.546. The molecule has 19 heavy (non-hydrogen) atoms. The van der Waals surface area contributed by atoms with Gasteiger partial charge in [-0.2, -0.15) is 0 Å². The van der Waals surface area contributed by atoms with Crippen molar-refractivity contribution in [2.24, 2.45) is 0 Å². The maximum Gasteiger partial charge on any atom is 0.122 e. The van der Waals surface area contributed by atoms with Crippen molar-refractivity contribution in [2.75, 3.05) is 18.5 Å². The summed E-state index contributed by atoms with van der Waals surface area (Å²) in [7, 11) is 0. The zero-order valence-electron chi connectivity index (χ0n) is 10.6. The van der Waals surface area contributed by atoms with Gasteiger partial charge in [0.1, 0.15) is 12.4 Å². The minimum atomic E-state index is 0.546. The van der Waals surface area contributed by atoms with E-state index in [-0.39, 0.29) is 0 Å². The number of aryl methyl sites for hydroxylation is 1. The summed E-state index contributed by atoms with van der Waals surface area (Å²) in [6.07, 6.45) is 0. The van der Waals surface area contributed by atoms with Crippen molar-refractivity contribution >= 4 is 28.9 Å². The van der Waals surface area contributed by atoms with Gasteiger partial charge in [-0.3, -0.25) is 0 Å². The Labute approximate surface area is 123 Å². The number of hydrogen-bond donors (Lipinski definition) is 1. The molecule has 0 aliphatic carbocycles. The van der Waals surface area contributed by atoms with Crippen LogP contribution in [0.2, 0.25) is 10.0 Å². The van der Waals surface area contributed by atoms with Crippen molar-refractivity contribution in [3.63, 3.8) is 0 Å². The molecule has 0 fully saturated rings. The second-order valence-corrected chi connectivity index (χ2v) is 5.12. The lowest BCUT2D eigenvalue weighted by molar-refractivity contribution is 0.333. The molecule has 0 atom stereocenters. The summed E-state index contributed by atoms with van der Waals surface area (Å²) in [5.74, 6) is 0.684. The molecular formula is C15H15Cl2NO. The summed E-state index contributed by atoms with van der Waals surface area (Å²) in [5, 5.41) is 4.45. The van der Waals surface area contributed by atoms with Crippen LogP contribution in [0.15, 0.2) is 42.5 Å². The highest BCUT2D eigenvalue weighted by Gasteiger charge is 1.99. The molecule has 0 aromatic heterocycles. The first kappa shape index (κ1) is 14.0. The third-order valence-electron chi connectivity index (χ3n) is 2.55. The SMILES string of the molecule is Cc1cccc(NCCOc2cc(Cl)cc(Cl)c2)c1. The fourth-order valence-corrected chi connectivity index (χ4v) is 2.24. The lowest BCUT2D eigenvalue weighted by Gasteiger charge is -2.09. The van der Waals surface area contributed by atoms with Crippen molar-refractivity contribution in [3.8, 4) is 5.75 Å². The number of hydrogen-bond acceptors (Lipinski definition) is 2. The van der Waals surface area contributed by atoms with E-state index in [1.807, 2.05) is 12.1 Å². The van der Waals surface area contributed by atoms with E-state index in [1.54, 1.807) is 18.2 Å². The predicted molar refractivity (Wildman–Crippen MR) is 81.6 cm³/mol. The Morgan fingerprint density at radius 1 is 1.05 bits per heavy atom. The Morgan fingerprint density at radius 2 is 1.79 bits per heavy atom. The molecule has 0 bridgehead atoms. The van der Waals surface area contributed by atoms with Gasteiger partial charge in [0, 0.05) is 22.3 Å². The van der Waals surface area contributed by atoms with Crippen molar-refractivity contribution in [2.45, 2.75) is 6.92 Å². The highest BCUT2D eigenvalue weighted by molar-refractivity contribution is 6.34. The number of benzene rings is 2. The van der Waals surface area contributed by atoms with Gasteiger partial charge in [0.15, 0.2) is 0 Å². The molecule has 0 heterocycles. The van der Waals surface area contributed by atoms with Crippen LogP contribution in [-0.4, -0.2) is 13.2 Å². The van der Waals surface area contributed by atoms with Gasteiger partial charge in [-0.15, -0.1) is 0 Å². The van der Waals surface area contributed by atoms with E-state index in [9.17, 15) is 0 Å². The molecular weight excluding hydrogens is 281 g/mol. The highest BCUT2D eigenvalue weighted by Crippen LogP contribution is 2.24. The second kappa shape index (κ2) is 6.69. The Morgan fingerprint density at radius 3 is 2.47 bits per heavy atom. The van der Waals surface area contributed by atoms with E-state index in [2.05, 4.69) is 24.4 Å². The summed E-state index contributed by atoms with van der Waals surface area (Å²) in [5.41, 5.74) is 2.32. The van der Waals surface area contributed by atoms with Crippen LogP contribution in [0.5, 0.6) is 5.75 Å². The molecule has 2 nitrogen and oxygen atoms in total. The molecule has 2 aromatic rings. The monoisotopic (exact) mass is 295 g/mol. The minimum Gasteiger partial charge on any atom is -0.492 e. The summed E-state index contributed by atoms with van der Waals surface area (Å²) < 4.78 is 5.59. The fraction of sp³-hybridized carbons (Fsp3) is 0.200. The van der Waals surface area contributed by atoms with Crippen molar-refractivity contribution in [1.29, 1.82) is 0 Å². The summed E-state index contributed by atoms with van der Waals surface area (Å²) >= 11 is 11.8. The van der Waals surface area contributed by atoms with E-state index in [4.69, 9.17) is 27.9 Å². The van der Waals surface area contributed by atoms with Gasteiger partial charge in [0.2, 0.25) is 0 Å². The molecule has 0 radical (unpaired) electrons. The Hall–Kier alpha value is -1.38. The highest BCUT2D eigenvalue weighted by atomic mass is 35.5. The standard InChI is InChI=1S/C15H15Cl2NO/c1-11-3-2-4-14(7-11)18-5-6-19-15-9-12(16)8-13(17)10-15/h2-4,7-10,18H,5-6H2,1H3. The number of ether oxygens (including phenoxy) is 1. The molecule has 4 heteroatoms. The lowest BCUT2D eigenvalue weighted by atomic mass is 10.2. The normalized spacial score (nSPS) is 10.3. The zero-order chi connectivity index (χ0) is 13.7. The smallest absolute Gasteiger partial charge is 0.122 e. The van der Waals surface area contributed by atoms with Gasteiger partial charge < -0.3 is 10.1 Å². The van der Waals surface area contributed by atoms with Crippen LogP contribution in [0, 0.1) is 6.92 Å². The van der Waals surface area contributed by atoms with E-state index in [1.165, 1.54) is 5.56 Å². The molecule has 0 unspecified atom stereocenters. The molecule has 2 rings (SSSR count). The molecule has 0 saturated carbocycles. The molecule has 0 saturated heterocycles. The van der Waals surface area contributed by atoms with Crippen LogP contribution >= 0.6 is 23.2 Å². The van der Waals surface area contributed by atoms with E-state index < -0.39 is 0 Å². The number of nitrogens with one attached hydrogen (secondary N) is 1. The van der Waals surface area contributed by atoms with Gasteiger partial charge in [-0.25, -0.2) is 0 Å². The largest absolute Gasteiger partial charge is 0.492 e. The first-order valence-electron chi connectivity index (χ1n) is 6.03. The van der Waals surface area contributed by atoms with Crippen LogP contribution in [0.4, 0.5) is 5.69 Å². The van der Waals surface area contributed by atoms with Gasteiger partial charge >= 0.3 is 0 Å². The second-order valence-electron chi connectivity index (χ2n) is 4.25. The van der Waals surface area contributed by atoms with Crippen molar-refractivity contribution in [3.05, 3.63) is 58.1 Å². The van der Waals surface area contributed by atoms with Crippen molar-refractivity contribution in [1.82, 2.24) is 0 Å². The van der Waals surface area contributed by atoms with E-state index >= 15 is 0 Å². The fourth-order valence-electron chi connectivity index (χ4n) is 1.73. The summed E-state index contributed by atoms with van der Waals surface area (Å²) in [4.78, 5) is 0. The van der Waals surface area contributed by atoms with Crippen molar-refractivity contribution < 1.29 is 4.74 Å². The predicted octanol–water partition coefficient (Wildman–Crippen LogP) is 4.79. The molecule has 0 aliphatic rings.